The normalized spacial score (nSPS) is 11.7. The number of hydrogen-bond donors (Lipinski definition) is 2. The van der Waals surface area contributed by atoms with Gasteiger partial charge in [0.05, 0.1) is 21.7 Å². The Labute approximate surface area is 176 Å². The second-order valence-corrected chi connectivity index (χ2v) is 8.10. The molecule has 10 heteroatoms. The number of carboxylic acid groups (broad SMARTS) is 1. The second-order valence-electron chi connectivity index (χ2n) is 6.42. The lowest BCUT2D eigenvalue weighted by Gasteiger charge is -2.16. The fourth-order valence-electron chi connectivity index (χ4n) is 2.62. The van der Waals surface area contributed by atoms with Crippen molar-refractivity contribution in [3.05, 3.63) is 89.5 Å². The fourth-order valence-corrected chi connectivity index (χ4v) is 3.70. The highest BCUT2D eigenvalue weighted by molar-refractivity contribution is 7.92. The average molecular weight is 451 g/mol. The lowest BCUT2D eigenvalue weighted by molar-refractivity contribution is -0.137. The van der Waals surface area contributed by atoms with Crippen LogP contribution in [0.15, 0.2) is 77.7 Å². The molecule has 0 radical (unpaired) electrons. The maximum Gasteiger partial charge on any atom is 0.416 e. The van der Waals surface area contributed by atoms with Gasteiger partial charge < -0.3 is 9.84 Å². The van der Waals surface area contributed by atoms with E-state index in [4.69, 9.17) is 9.84 Å². The molecule has 0 aliphatic carbocycles. The topological polar surface area (TPSA) is 92.7 Å². The van der Waals surface area contributed by atoms with E-state index in [0.717, 1.165) is 12.1 Å². The third-order valence-corrected chi connectivity index (χ3v) is 5.58. The molecule has 3 aromatic rings. The minimum atomic E-state index is -4.68. The van der Waals surface area contributed by atoms with Crippen LogP contribution in [0.5, 0.6) is 5.75 Å². The summed E-state index contributed by atoms with van der Waals surface area (Å²) >= 11 is 0. The van der Waals surface area contributed by atoms with Gasteiger partial charge in [-0.15, -0.1) is 0 Å². The van der Waals surface area contributed by atoms with Crippen LogP contribution < -0.4 is 9.46 Å². The number of sulfonamides is 1. The van der Waals surface area contributed by atoms with Gasteiger partial charge in [0.2, 0.25) is 0 Å². The van der Waals surface area contributed by atoms with Crippen LogP contribution >= 0.6 is 0 Å². The molecule has 3 aromatic carbocycles. The van der Waals surface area contributed by atoms with Crippen LogP contribution in [-0.2, 0) is 22.8 Å². The molecule has 0 saturated heterocycles. The first-order chi connectivity index (χ1) is 14.6. The highest BCUT2D eigenvalue weighted by Gasteiger charge is 2.32. The van der Waals surface area contributed by atoms with Crippen molar-refractivity contribution in [2.75, 3.05) is 4.72 Å². The van der Waals surface area contributed by atoms with Crippen LogP contribution in [0.1, 0.15) is 21.5 Å². The molecule has 0 atom stereocenters. The lowest BCUT2D eigenvalue weighted by atomic mass is 10.1. The number of hydrogen-bond acceptors (Lipinski definition) is 4. The summed E-state index contributed by atoms with van der Waals surface area (Å²) in [5, 5.41) is 8.93. The van der Waals surface area contributed by atoms with E-state index in [2.05, 4.69) is 4.72 Å². The van der Waals surface area contributed by atoms with Crippen LogP contribution in [0.4, 0.5) is 18.9 Å². The fraction of sp³-hybridized carbons (Fsp3) is 0.0952. The number of carbonyl (C=O) groups is 1. The van der Waals surface area contributed by atoms with E-state index in [1.54, 1.807) is 6.07 Å². The van der Waals surface area contributed by atoms with Crippen LogP contribution in [0.25, 0.3) is 0 Å². The van der Waals surface area contributed by atoms with Crippen LogP contribution in [0.3, 0.4) is 0 Å². The Kier molecular flexibility index (Phi) is 6.21. The Morgan fingerprint density at radius 3 is 2.19 bits per heavy atom. The summed E-state index contributed by atoms with van der Waals surface area (Å²) in [5.74, 6) is -1.22. The van der Waals surface area contributed by atoms with Crippen molar-refractivity contribution in [2.24, 2.45) is 0 Å². The summed E-state index contributed by atoms with van der Waals surface area (Å²) < 4.78 is 72.3. The Bertz CT molecular complexity index is 1180. The lowest BCUT2D eigenvalue weighted by Crippen LogP contribution is -2.15. The molecule has 6 nitrogen and oxygen atoms in total. The molecule has 0 aromatic heterocycles. The van der Waals surface area contributed by atoms with E-state index >= 15 is 0 Å². The number of nitrogens with one attached hydrogen (secondary N) is 1. The van der Waals surface area contributed by atoms with Gasteiger partial charge in [0, 0.05) is 0 Å². The monoisotopic (exact) mass is 451 g/mol. The molecule has 0 saturated carbocycles. The Morgan fingerprint density at radius 1 is 0.968 bits per heavy atom. The van der Waals surface area contributed by atoms with Gasteiger partial charge in [-0.1, -0.05) is 30.3 Å². The summed E-state index contributed by atoms with van der Waals surface area (Å²) in [7, 11) is -4.16. The third kappa shape index (κ3) is 5.54. The molecular formula is C21H16F3NO5S. The van der Waals surface area contributed by atoms with Crippen molar-refractivity contribution in [1.29, 1.82) is 0 Å². The first-order valence-electron chi connectivity index (χ1n) is 8.80. The van der Waals surface area contributed by atoms with Crippen LogP contribution in [-0.4, -0.2) is 19.5 Å². The zero-order chi connectivity index (χ0) is 22.6. The predicted octanol–water partition coefficient (Wildman–Crippen LogP) is 4.78. The van der Waals surface area contributed by atoms with Crippen LogP contribution in [0.2, 0.25) is 0 Å². The van der Waals surface area contributed by atoms with E-state index in [-0.39, 0.29) is 28.5 Å². The van der Waals surface area contributed by atoms with Gasteiger partial charge in [-0.3, -0.25) is 4.72 Å². The minimum Gasteiger partial charge on any atom is -0.487 e. The summed E-state index contributed by atoms with van der Waals surface area (Å²) in [6.07, 6.45) is -4.68. The number of carboxylic acids is 1. The van der Waals surface area contributed by atoms with Gasteiger partial charge in [-0.25, -0.2) is 13.2 Å². The van der Waals surface area contributed by atoms with Crippen molar-refractivity contribution in [1.82, 2.24) is 0 Å². The SMILES string of the molecule is O=C(O)c1ccc(COc2ccc(C(F)(F)F)cc2NS(=O)(=O)c2ccccc2)cc1. The maximum absolute atomic E-state index is 13.1. The van der Waals surface area contributed by atoms with Gasteiger partial charge in [-0.2, -0.15) is 13.2 Å². The first kappa shape index (κ1) is 22.2. The molecule has 2 N–H and O–H groups in total. The maximum atomic E-state index is 13.1. The summed E-state index contributed by atoms with van der Waals surface area (Å²) in [4.78, 5) is 10.8. The summed E-state index contributed by atoms with van der Waals surface area (Å²) in [5.41, 5.74) is -0.811. The largest absolute Gasteiger partial charge is 0.487 e. The predicted molar refractivity (Wildman–Crippen MR) is 106 cm³/mol. The highest BCUT2D eigenvalue weighted by atomic mass is 32.2. The minimum absolute atomic E-state index is 0.0644. The van der Waals surface area contributed by atoms with Crippen molar-refractivity contribution in [3.63, 3.8) is 0 Å². The number of halogens is 3. The third-order valence-electron chi connectivity index (χ3n) is 4.20. The molecule has 0 spiro atoms. The summed E-state index contributed by atoms with van der Waals surface area (Å²) in [6, 6.07) is 15.3. The van der Waals surface area contributed by atoms with Crippen molar-refractivity contribution in [3.8, 4) is 5.75 Å². The van der Waals surface area contributed by atoms with Gasteiger partial charge in [0.15, 0.2) is 0 Å². The molecular weight excluding hydrogens is 435 g/mol. The summed E-state index contributed by atoms with van der Waals surface area (Å²) in [6.45, 7) is -0.120. The highest BCUT2D eigenvalue weighted by Crippen LogP contribution is 2.36. The second kappa shape index (κ2) is 8.68. The van der Waals surface area contributed by atoms with Crippen molar-refractivity contribution >= 4 is 21.7 Å². The number of anilines is 1. The molecule has 0 heterocycles. The Morgan fingerprint density at radius 2 is 1.61 bits per heavy atom. The Hall–Kier alpha value is -3.53. The van der Waals surface area contributed by atoms with E-state index < -0.39 is 27.7 Å². The van der Waals surface area contributed by atoms with Gasteiger partial charge in [0.25, 0.3) is 10.0 Å². The van der Waals surface area contributed by atoms with E-state index in [1.165, 1.54) is 48.5 Å². The molecule has 0 fully saturated rings. The molecule has 3 rings (SSSR count). The van der Waals surface area contributed by atoms with Gasteiger partial charge in [-0.05, 0) is 48.0 Å². The molecule has 31 heavy (non-hydrogen) atoms. The molecule has 0 aliphatic heterocycles. The smallest absolute Gasteiger partial charge is 0.416 e. The molecule has 0 unspecified atom stereocenters. The zero-order valence-electron chi connectivity index (χ0n) is 15.8. The van der Waals surface area contributed by atoms with Crippen LogP contribution in [0, 0.1) is 0 Å². The number of benzene rings is 3. The number of ether oxygens (including phenoxy) is 1. The molecule has 162 valence electrons. The quantitative estimate of drug-likeness (QED) is 0.539. The van der Waals surface area contributed by atoms with E-state index in [9.17, 15) is 26.4 Å². The Balaban J connectivity index is 1.89. The number of aromatic carboxylic acids is 1. The van der Waals surface area contributed by atoms with E-state index in [0.29, 0.717) is 11.6 Å². The van der Waals surface area contributed by atoms with Gasteiger partial charge >= 0.3 is 12.1 Å². The standard InChI is InChI=1S/C21H16F3NO5S/c22-21(23,24)16-10-11-19(30-13-14-6-8-15(9-7-14)20(26)27)18(12-16)25-31(28,29)17-4-2-1-3-5-17/h1-12,25H,13H2,(H,26,27). The van der Waals surface area contributed by atoms with Crippen molar-refractivity contribution in [2.45, 2.75) is 17.7 Å². The average Bonchev–Trinajstić information content (AvgIpc) is 2.73. The van der Waals surface area contributed by atoms with Crippen molar-refractivity contribution < 1.29 is 36.2 Å². The number of rotatable bonds is 7. The first-order valence-corrected chi connectivity index (χ1v) is 10.3. The number of alkyl halides is 3. The molecule has 0 bridgehead atoms. The molecule has 0 aliphatic rings. The van der Waals surface area contributed by atoms with Gasteiger partial charge in [0.1, 0.15) is 12.4 Å². The molecule has 0 amide bonds. The van der Waals surface area contributed by atoms with E-state index in [1.807, 2.05) is 0 Å². The zero-order valence-corrected chi connectivity index (χ0v) is 16.6.